The molecule has 0 saturated carbocycles. The molecule has 0 aliphatic heterocycles. The SMILES string of the molecule is CC(C)C(C)CS(C)=O. The van der Waals surface area contributed by atoms with Gasteiger partial charge in [-0.25, -0.2) is 0 Å². The van der Waals surface area contributed by atoms with Crippen LogP contribution in [0, 0.1) is 11.8 Å². The fourth-order valence-electron chi connectivity index (χ4n) is 0.563. The predicted molar refractivity (Wildman–Crippen MR) is 42.9 cm³/mol. The normalized spacial score (nSPS) is 17.9. The van der Waals surface area contributed by atoms with Crippen LogP contribution in [-0.4, -0.2) is 16.2 Å². The van der Waals surface area contributed by atoms with Crippen molar-refractivity contribution < 1.29 is 4.21 Å². The molecule has 0 aliphatic carbocycles. The largest absolute Gasteiger partial charge is 0.260 e. The zero-order valence-electron chi connectivity index (χ0n) is 6.68. The minimum atomic E-state index is -0.616. The van der Waals surface area contributed by atoms with Crippen LogP contribution in [0.2, 0.25) is 0 Å². The molecule has 2 heteroatoms. The van der Waals surface area contributed by atoms with Crippen molar-refractivity contribution in [2.75, 3.05) is 12.0 Å². The predicted octanol–water partition coefficient (Wildman–Crippen LogP) is 1.66. The lowest BCUT2D eigenvalue weighted by Crippen LogP contribution is -2.12. The van der Waals surface area contributed by atoms with E-state index in [1.165, 1.54) is 0 Å². The summed E-state index contributed by atoms with van der Waals surface area (Å²) in [7, 11) is -0.616. The van der Waals surface area contributed by atoms with Gasteiger partial charge in [-0.15, -0.1) is 0 Å². The van der Waals surface area contributed by atoms with Gasteiger partial charge in [0.15, 0.2) is 0 Å². The molecular formula is C7H16OS. The molecule has 0 bridgehead atoms. The molecule has 0 heterocycles. The molecule has 56 valence electrons. The van der Waals surface area contributed by atoms with E-state index in [0.29, 0.717) is 11.8 Å². The molecular weight excluding hydrogens is 132 g/mol. The third kappa shape index (κ3) is 4.64. The molecule has 0 spiro atoms. The molecule has 0 saturated heterocycles. The molecule has 9 heavy (non-hydrogen) atoms. The topological polar surface area (TPSA) is 17.1 Å². The van der Waals surface area contributed by atoms with E-state index in [0.717, 1.165) is 5.75 Å². The summed E-state index contributed by atoms with van der Waals surface area (Å²) in [5.41, 5.74) is 0. The minimum Gasteiger partial charge on any atom is -0.260 e. The van der Waals surface area contributed by atoms with E-state index >= 15 is 0 Å². The second-order valence-electron chi connectivity index (χ2n) is 2.96. The molecule has 0 amide bonds. The van der Waals surface area contributed by atoms with Crippen LogP contribution in [-0.2, 0) is 10.8 Å². The first-order valence-electron chi connectivity index (χ1n) is 3.34. The Morgan fingerprint density at radius 2 is 1.78 bits per heavy atom. The smallest absolute Gasteiger partial charge is 0.0260 e. The molecule has 0 radical (unpaired) electrons. The third-order valence-corrected chi connectivity index (χ3v) is 2.63. The van der Waals surface area contributed by atoms with Crippen LogP contribution in [0.4, 0.5) is 0 Å². The van der Waals surface area contributed by atoms with E-state index in [9.17, 15) is 4.21 Å². The van der Waals surface area contributed by atoms with E-state index in [2.05, 4.69) is 20.8 Å². The van der Waals surface area contributed by atoms with Crippen molar-refractivity contribution in [3.05, 3.63) is 0 Å². The average Bonchev–Trinajstić information content (AvgIpc) is 1.63. The van der Waals surface area contributed by atoms with Gasteiger partial charge >= 0.3 is 0 Å². The van der Waals surface area contributed by atoms with E-state index in [4.69, 9.17) is 0 Å². The van der Waals surface area contributed by atoms with Crippen molar-refractivity contribution in [2.24, 2.45) is 11.8 Å². The quantitative estimate of drug-likeness (QED) is 0.595. The van der Waals surface area contributed by atoms with Crippen LogP contribution < -0.4 is 0 Å². The maximum Gasteiger partial charge on any atom is 0.0260 e. The van der Waals surface area contributed by atoms with Crippen LogP contribution in [0.5, 0.6) is 0 Å². The van der Waals surface area contributed by atoms with Gasteiger partial charge in [0.25, 0.3) is 0 Å². The van der Waals surface area contributed by atoms with E-state index in [1.807, 2.05) is 0 Å². The number of hydrogen-bond acceptors (Lipinski definition) is 1. The first-order valence-corrected chi connectivity index (χ1v) is 5.06. The molecule has 1 nitrogen and oxygen atoms in total. The highest BCUT2D eigenvalue weighted by Crippen LogP contribution is 2.09. The van der Waals surface area contributed by atoms with Gasteiger partial charge < -0.3 is 0 Å². The van der Waals surface area contributed by atoms with Gasteiger partial charge in [-0.05, 0) is 11.8 Å². The molecule has 0 aromatic carbocycles. The molecule has 0 aromatic rings. The van der Waals surface area contributed by atoms with E-state index in [-0.39, 0.29) is 0 Å². The Labute approximate surface area is 60.3 Å². The summed E-state index contributed by atoms with van der Waals surface area (Å²) in [4.78, 5) is 0. The molecule has 0 aliphatic rings. The maximum absolute atomic E-state index is 10.7. The van der Waals surface area contributed by atoms with Crippen LogP contribution in [0.1, 0.15) is 20.8 Å². The maximum atomic E-state index is 10.7. The van der Waals surface area contributed by atoms with Crippen molar-refractivity contribution in [3.63, 3.8) is 0 Å². The Bertz CT molecular complexity index is 99.1. The zero-order chi connectivity index (χ0) is 7.44. The molecule has 0 fully saturated rings. The van der Waals surface area contributed by atoms with Crippen molar-refractivity contribution in [3.8, 4) is 0 Å². The molecule has 2 unspecified atom stereocenters. The Kier molecular flexibility index (Phi) is 4.11. The first-order chi connectivity index (χ1) is 4.04. The van der Waals surface area contributed by atoms with Gasteiger partial charge in [0, 0.05) is 22.8 Å². The van der Waals surface area contributed by atoms with Gasteiger partial charge in [0.2, 0.25) is 0 Å². The summed E-state index contributed by atoms with van der Waals surface area (Å²) >= 11 is 0. The Morgan fingerprint density at radius 3 is 1.89 bits per heavy atom. The van der Waals surface area contributed by atoms with Gasteiger partial charge in [-0.3, -0.25) is 4.21 Å². The summed E-state index contributed by atoms with van der Waals surface area (Å²) in [6, 6.07) is 0. The fourth-order valence-corrected chi connectivity index (χ4v) is 1.69. The van der Waals surface area contributed by atoms with Crippen molar-refractivity contribution in [2.45, 2.75) is 20.8 Å². The summed E-state index contributed by atoms with van der Waals surface area (Å²) in [5, 5.41) is 0. The Balaban J connectivity index is 3.50. The van der Waals surface area contributed by atoms with Gasteiger partial charge in [0.1, 0.15) is 0 Å². The lowest BCUT2D eigenvalue weighted by Gasteiger charge is -2.12. The second kappa shape index (κ2) is 4.04. The Hall–Kier alpha value is 0.150. The monoisotopic (exact) mass is 148 g/mol. The standard InChI is InChI=1S/C7H16OS/c1-6(2)7(3)5-9(4)8/h6-7H,5H2,1-4H3. The van der Waals surface area contributed by atoms with Crippen LogP contribution in [0.25, 0.3) is 0 Å². The van der Waals surface area contributed by atoms with E-state index < -0.39 is 10.8 Å². The van der Waals surface area contributed by atoms with Crippen molar-refractivity contribution >= 4 is 10.8 Å². The molecule has 0 rings (SSSR count). The average molecular weight is 148 g/mol. The van der Waals surface area contributed by atoms with Crippen molar-refractivity contribution in [1.82, 2.24) is 0 Å². The minimum absolute atomic E-state index is 0.593. The van der Waals surface area contributed by atoms with E-state index in [1.54, 1.807) is 6.26 Å². The van der Waals surface area contributed by atoms with Crippen LogP contribution in [0.15, 0.2) is 0 Å². The summed E-state index contributed by atoms with van der Waals surface area (Å²) in [6.07, 6.45) is 1.76. The first kappa shape index (κ1) is 9.15. The van der Waals surface area contributed by atoms with Crippen LogP contribution >= 0.6 is 0 Å². The number of rotatable bonds is 3. The summed E-state index contributed by atoms with van der Waals surface area (Å²) < 4.78 is 10.7. The number of hydrogen-bond donors (Lipinski definition) is 0. The highest BCUT2D eigenvalue weighted by molar-refractivity contribution is 7.84. The highest BCUT2D eigenvalue weighted by atomic mass is 32.2. The van der Waals surface area contributed by atoms with Crippen LogP contribution in [0.3, 0.4) is 0 Å². The highest BCUT2D eigenvalue weighted by Gasteiger charge is 2.07. The van der Waals surface area contributed by atoms with Gasteiger partial charge in [-0.2, -0.15) is 0 Å². The lowest BCUT2D eigenvalue weighted by molar-refractivity contribution is 0.461. The molecule has 2 atom stereocenters. The summed E-state index contributed by atoms with van der Waals surface area (Å²) in [6.45, 7) is 6.47. The van der Waals surface area contributed by atoms with Crippen molar-refractivity contribution in [1.29, 1.82) is 0 Å². The summed E-state index contributed by atoms with van der Waals surface area (Å²) in [5.74, 6) is 2.10. The molecule has 0 N–H and O–H groups in total. The Morgan fingerprint density at radius 1 is 1.33 bits per heavy atom. The van der Waals surface area contributed by atoms with Gasteiger partial charge in [0.05, 0.1) is 0 Å². The third-order valence-electron chi connectivity index (χ3n) is 1.64. The van der Waals surface area contributed by atoms with Gasteiger partial charge in [-0.1, -0.05) is 20.8 Å². The second-order valence-corrected chi connectivity index (χ2v) is 4.44. The fraction of sp³-hybridized carbons (Fsp3) is 1.00. The molecule has 0 aromatic heterocycles. The lowest BCUT2D eigenvalue weighted by atomic mass is 10.0. The zero-order valence-corrected chi connectivity index (χ0v) is 7.49.